The average molecular weight is 419 g/mol. The van der Waals surface area contributed by atoms with E-state index in [0.717, 1.165) is 29.1 Å². The van der Waals surface area contributed by atoms with Crippen LogP contribution in [0.3, 0.4) is 0 Å². The zero-order chi connectivity index (χ0) is 22.1. The molecule has 0 spiro atoms. The summed E-state index contributed by atoms with van der Waals surface area (Å²) in [6.45, 7) is 8.07. The van der Waals surface area contributed by atoms with E-state index in [9.17, 15) is 4.79 Å². The van der Waals surface area contributed by atoms with E-state index in [-0.39, 0.29) is 11.8 Å². The minimum absolute atomic E-state index is 0.208. The minimum atomic E-state index is -0.208. The first kappa shape index (κ1) is 20.6. The number of pyridine rings is 1. The number of amides is 1. The number of carbonyl (C=O) groups is 1. The maximum atomic E-state index is 12.8. The van der Waals surface area contributed by atoms with Crippen molar-refractivity contribution in [2.24, 2.45) is 7.05 Å². The van der Waals surface area contributed by atoms with Crippen LogP contribution in [0.15, 0.2) is 42.6 Å². The summed E-state index contributed by atoms with van der Waals surface area (Å²) in [5.41, 5.74) is 3.79. The molecule has 0 saturated carbocycles. The maximum Gasteiger partial charge on any atom is 0.273 e. The monoisotopic (exact) mass is 418 g/mol. The number of aromatic nitrogens is 5. The van der Waals surface area contributed by atoms with Crippen molar-refractivity contribution in [3.05, 3.63) is 65.4 Å². The lowest BCUT2D eigenvalue weighted by Gasteiger charge is -2.12. The summed E-state index contributed by atoms with van der Waals surface area (Å²) < 4.78 is 9.34. The number of benzene rings is 1. The SMILES string of the molecule is CCc1cc(C(=O)Nc2cc(Oc3ccc4nc(C(C)C)nn4c3)ccc2C)n(C)n1. The van der Waals surface area contributed by atoms with E-state index in [1.54, 1.807) is 22.4 Å². The normalized spacial score (nSPS) is 11.3. The lowest BCUT2D eigenvalue weighted by Crippen LogP contribution is -2.16. The molecule has 31 heavy (non-hydrogen) atoms. The largest absolute Gasteiger partial charge is 0.456 e. The highest BCUT2D eigenvalue weighted by molar-refractivity contribution is 6.03. The minimum Gasteiger partial charge on any atom is -0.456 e. The molecule has 1 amide bonds. The summed E-state index contributed by atoms with van der Waals surface area (Å²) in [5.74, 6) is 2.08. The second-order valence-corrected chi connectivity index (χ2v) is 7.82. The number of rotatable bonds is 6. The molecular weight excluding hydrogens is 392 g/mol. The van der Waals surface area contributed by atoms with Crippen LogP contribution in [0.1, 0.15) is 54.3 Å². The molecule has 0 fully saturated rings. The quantitative estimate of drug-likeness (QED) is 0.498. The van der Waals surface area contributed by atoms with Crippen molar-refractivity contribution < 1.29 is 9.53 Å². The summed E-state index contributed by atoms with van der Waals surface area (Å²) in [6, 6.07) is 11.1. The van der Waals surface area contributed by atoms with Crippen molar-refractivity contribution in [1.82, 2.24) is 24.4 Å². The van der Waals surface area contributed by atoms with Gasteiger partial charge < -0.3 is 10.1 Å². The Kier molecular flexibility index (Phi) is 5.46. The molecule has 0 aliphatic carbocycles. The van der Waals surface area contributed by atoms with Gasteiger partial charge in [0.15, 0.2) is 11.5 Å². The molecule has 8 heteroatoms. The van der Waals surface area contributed by atoms with Crippen molar-refractivity contribution in [2.75, 3.05) is 5.32 Å². The molecule has 1 aromatic carbocycles. The molecule has 4 rings (SSSR count). The Bertz CT molecular complexity index is 1250. The summed E-state index contributed by atoms with van der Waals surface area (Å²) in [4.78, 5) is 17.3. The van der Waals surface area contributed by atoms with Gasteiger partial charge in [-0.3, -0.25) is 9.48 Å². The zero-order valence-electron chi connectivity index (χ0n) is 18.4. The van der Waals surface area contributed by atoms with Crippen molar-refractivity contribution in [3.63, 3.8) is 0 Å². The van der Waals surface area contributed by atoms with E-state index in [1.165, 1.54) is 0 Å². The number of aryl methyl sites for hydroxylation is 3. The second-order valence-electron chi connectivity index (χ2n) is 7.82. The molecular formula is C23H26N6O2. The van der Waals surface area contributed by atoms with E-state index in [2.05, 4.69) is 34.3 Å². The van der Waals surface area contributed by atoms with E-state index in [1.807, 2.05) is 50.2 Å². The molecule has 0 aliphatic rings. The fraction of sp³-hybridized carbons (Fsp3) is 0.304. The van der Waals surface area contributed by atoms with Gasteiger partial charge in [0.25, 0.3) is 5.91 Å². The highest BCUT2D eigenvalue weighted by Crippen LogP contribution is 2.27. The predicted octanol–water partition coefficient (Wildman–Crippen LogP) is 4.50. The van der Waals surface area contributed by atoms with Crippen LogP contribution in [0.25, 0.3) is 5.65 Å². The van der Waals surface area contributed by atoms with Crippen molar-refractivity contribution >= 4 is 17.2 Å². The van der Waals surface area contributed by atoms with Crippen LogP contribution in [0.4, 0.5) is 5.69 Å². The standard InChI is InChI=1S/C23H26N6O2/c1-6-16-11-20(28(5)26-16)23(30)24-19-12-17(8-7-15(19)4)31-18-9-10-21-25-22(14(2)3)27-29(21)13-18/h7-14H,6H2,1-5H3,(H,24,30). The van der Waals surface area contributed by atoms with Gasteiger partial charge in [0.1, 0.15) is 17.2 Å². The van der Waals surface area contributed by atoms with E-state index < -0.39 is 0 Å². The third-order valence-electron chi connectivity index (χ3n) is 5.05. The lowest BCUT2D eigenvalue weighted by molar-refractivity contribution is 0.101. The molecule has 160 valence electrons. The van der Waals surface area contributed by atoms with Gasteiger partial charge in [0, 0.05) is 24.7 Å². The van der Waals surface area contributed by atoms with Gasteiger partial charge in [-0.25, -0.2) is 9.50 Å². The van der Waals surface area contributed by atoms with Gasteiger partial charge in [0.2, 0.25) is 0 Å². The second kappa shape index (κ2) is 8.22. The van der Waals surface area contributed by atoms with Crippen LogP contribution in [0.5, 0.6) is 11.5 Å². The van der Waals surface area contributed by atoms with Crippen LogP contribution in [0.2, 0.25) is 0 Å². The summed E-state index contributed by atoms with van der Waals surface area (Å²) in [7, 11) is 1.77. The highest BCUT2D eigenvalue weighted by atomic mass is 16.5. The molecule has 0 radical (unpaired) electrons. The Labute approximate surface area is 180 Å². The number of ether oxygens (including phenoxy) is 1. The summed E-state index contributed by atoms with van der Waals surface area (Å²) in [6.07, 6.45) is 2.58. The van der Waals surface area contributed by atoms with Gasteiger partial charge in [-0.05, 0) is 43.2 Å². The predicted molar refractivity (Wildman–Crippen MR) is 119 cm³/mol. The number of nitrogens with zero attached hydrogens (tertiary/aromatic N) is 5. The number of hydrogen-bond acceptors (Lipinski definition) is 5. The molecule has 0 atom stereocenters. The van der Waals surface area contributed by atoms with Crippen molar-refractivity contribution in [2.45, 2.75) is 40.0 Å². The van der Waals surface area contributed by atoms with Crippen LogP contribution in [0, 0.1) is 6.92 Å². The molecule has 1 N–H and O–H groups in total. The summed E-state index contributed by atoms with van der Waals surface area (Å²) in [5, 5.41) is 11.8. The van der Waals surface area contributed by atoms with Gasteiger partial charge in [0.05, 0.1) is 11.9 Å². The fourth-order valence-corrected chi connectivity index (χ4v) is 3.22. The molecule has 0 saturated heterocycles. The zero-order valence-corrected chi connectivity index (χ0v) is 18.4. The third-order valence-corrected chi connectivity index (χ3v) is 5.05. The van der Waals surface area contributed by atoms with Gasteiger partial charge in [-0.15, -0.1) is 0 Å². The number of nitrogens with one attached hydrogen (secondary N) is 1. The van der Waals surface area contributed by atoms with Crippen LogP contribution in [-0.2, 0) is 13.5 Å². The Morgan fingerprint density at radius 2 is 1.90 bits per heavy atom. The Hall–Kier alpha value is -3.68. The molecule has 8 nitrogen and oxygen atoms in total. The number of carbonyl (C=O) groups excluding carboxylic acids is 1. The third kappa shape index (κ3) is 4.28. The number of fused-ring (bicyclic) bond motifs is 1. The van der Waals surface area contributed by atoms with E-state index in [0.29, 0.717) is 22.9 Å². The van der Waals surface area contributed by atoms with E-state index in [4.69, 9.17) is 4.74 Å². The number of hydrogen-bond donors (Lipinski definition) is 1. The van der Waals surface area contributed by atoms with Crippen LogP contribution < -0.4 is 10.1 Å². The van der Waals surface area contributed by atoms with E-state index >= 15 is 0 Å². The molecule has 3 heterocycles. The van der Waals surface area contributed by atoms with Crippen LogP contribution in [-0.4, -0.2) is 30.3 Å². The van der Waals surface area contributed by atoms with Crippen molar-refractivity contribution in [1.29, 1.82) is 0 Å². The molecule has 0 aliphatic heterocycles. The fourth-order valence-electron chi connectivity index (χ4n) is 3.22. The van der Waals surface area contributed by atoms with Gasteiger partial charge in [-0.1, -0.05) is 26.8 Å². The molecule has 3 aromatic heterocycles. The first-order valence-electron chi connectivity index (χ1n) is 10.3. The summed E-state index contributed by atoms with van der Waals surface area (Å²) >= 11 is 0. The van der Waals surface area contributed by atoms with Crippen LogP contribution >= 0.6 is 0 Å². The lowest BCUT2D eigenvalue weighted by atomic mass is 10.2. The molecule has 0 unspecified atom stereocenters. The van der Waals surface area contributed by atoms with Gasteiger partial charge >= 0.3 is 0 Å². The van der Waals surface area contributed by atoms with Crippen molar-refractivity contribution in [3.8, 4) is 11.5 Å². The Morgan fingerprint density at radius 3 is 2.61 bits per heavy atom. The molecule has 0 bridgehead atoms. The first-order valence-corrected chi connectivity index (χ1v) is 10.3. The highest BCUT2D eigenvalue weighted by Gasteiger charge is 2.15. The average Bonchev–Trinajstić information content (AvgIpc) is 3.33. The smallest absolute Gasteiger partial charge is 0.273 e. The first-order chi connectivity index (χ1) is 14.8. The Balaban J connectivity index is 1.55. The topological polar surface area (TPSA) is 86.3 Å². The number of anilines is 1. The molecule has 4 aromatic rings. The Morgan fingerprint density at radius 1 is 1.13 bits per heavy atom. The van der Waals surface area contributed by atoms with Gasteiger partial charge in [-0.2, -0.15) is 10.2 Å². The maximum absolute atomic E-state index is 12.8.